The molecule has 2 N–H and O–H groups in total. The van der Waals surface area contributed by atoms with E-state index in [1.54, 1.807) is 6.07 Å². The van der Waals surface area contributed by atoms with Crippen LogP contribution >= 0.6 is 0 Å². The number of unbranched alkanes of at least 4 members (excludes halogenated alkanes) is 1. The molecule has 33 heavy (non-hydrogen) atoms. The van der Waals surface area contributed by atoms with Crippen LogP contribution in [0, 0.1) is 23.6 Å². The Hall–Kier alpha value is -1.78. The molecule has 4 fully saturated rings. The maximum Gasteiger partial charge on any atom is 0.341 e. The zero-order valence-electron chi connectivity index (χ0n) is 21.2. The molecule has 1 atom stereocenters. The number of rotatable bonds is 9. The van der Waals surface area contributed by atoms with Crippen LogP contribution in [0.3, 0.4) is 0 Å². The van der Waals surface area contributed by atoms with Crippen LogP contribution in [0.15, 0.2) is 12.1 Å². The fourth-order valence-corrected chi connectivity index (χ4v) is 6.88. The van der Waals surface area contributed by atoms with E-state index in [0.29, 0.717) is 6.04 Å². The van der Waals surface area contributed by atoms with Crippen molar-refractivity contribution in [3.63, 3.8) is 0 Å². The lowest BCUT2D eigenvalue weighted by molar-refractivity contribution is 0.00648. The van der Waals surface area contributed by atoms with Crippen molar-refractivity contribution in [1.29, 1.82) is 0 Å². The summed E-state index contributed by atoms with van der Waals surface area (Å²) < 4.78 is 20.8. The Morgan fingerprint density at radius 3 is 2.21 bits per heavy atom. The first-order valence-electron chi connectivity index (χ1n) is 13.2. The second kappa shape index (κ2) is 9.46. The molecule has 0 amide bonds. The predicted molar refractivity (Wildman–Crippen MR) is 133 cm³/mol. The quantitative estimate of drug-likeness (QED) is 0.375. The molecular weight excluding hydrogens is 415 g/mol. The highest BCUT2D eigenvalue weighted by atomic mass is 19.1. The van der Waals surface area contributed by atoms with Gasteiger partial charge in [0.2, 0.25) is 0 Å². The molecule has 1 aromatic carbocycles. The summed E-state index contributed by atoms with van der Waals surface area (Å²) in [5, 5.41) is 7.50. The average molecular weight is 459 g/mol. The summed E-state index contributed by atoms with van der Waals surface area (Å²) >= 11 is 0. The molecule has 1 aromatic rings. The molecule has 0 aromatic heterocycles. The highest BCUT2D eigenvalue weighted by molar-refractivity contribution is 5.93. The van der Waals surface area contributed by atoms with E-state index in [1.165, 1.54) is 44.6 Å². The second-order valence-corrected chi connectivity index (χ2v) is 12.1. The summed E-state index contributed by atoms with van der Waals surface area (Å²) in [7, 11) is 0. The topological polar surface area (TPSA) is 50.4 Å². The highest BCUT2D eigenvalue weighted by Crippen LogP contribution is 2.57. The monoisotopic (exact) mass is 458 g/mol. The van der Waals surface area contributed by atoms with E-state index in [2.05, 4.69) is 24.5 Å². The van der Waals surface area contributed by atoms with Crippen molar-refractivity contribution < 1.29 is 13.9 Å². The minimum absolute atomic E-state index is 0.00818. The van der Waals surface area contributed by atoms with E-state index in [9.17, 15) is 4.79 Å². The normalized spacial score (nSPS) is 29.1. The molecule has 0 radical (unpaired) electrons. The van der Waals surface area contributed by atoms with Gasteiger partial charge in [-0.3, -0.25) is 0 Å². The van der Waals surface area contributed by atoms with Crippen molar-refractivity contribution >= 4 is 17.3 Å². The van der Waals surface area contributed by atoms with Gasteiger partial charge in [-0.25, -0.2) is 9.18 Å². The minimum atomic E-state index is -0.666. The van der Waals surface area contributed by atoms with E-state index in [1.807, 2.05) is 20.8 Å². The molecule has 5 rings (SSSR count). The lowest BCUT2D eigenvalue weighted by atomic mass is 9.53. The summed E-state index contributed by atoms with van der Waals surface area (Å²) in [5.41, 5.74) is 1.04. The lowest BCUT2D eigenvalue weighted by Crippen LogP contribution is -2.54. The first kappa shape index (κ1) is 24.3. The van der Waals surface area contributed by atoms with Gasteiger partial charge in [0, 0.05) is 11.6 Å². The van der Waals surface area contributed by atoms with Crippen LogP contribution in [0.25, 0.3) is 0 Å². The largest absolute Gasteiger partial charge is 0.456 e. The molecule has 4 aliphatic rings. The Morgan fingerprint density at radius 2 is 1.70 bits per heavy atom. The number of ether oxygens (including phenoxy) is 1. The van der Waals surface area contributed by atoms with Crippen LogP contribution in [-0.2, 0) is 4.74 Å². The Morgan fingerprint density at radius 1 is 1.09 bits per heavy atom. The van der Waals surface area contributed by atoms with Gasteiger partial charge in [-0.1, -0.05) is 26.7 Å². The molecule has 184 valence electrons. The lowest BCUT2D eigenvalue weighted by Gasteiger charge is -2.57. The van der Waals surface area contributed by atoms with Crippen LogP contribution in [0.2, 0.25) is 0 Å². The zero-order chi connectivity index (χ0) is 23.8. The second-order valence-electron chi connectivity index (χ2n) is 12.1. The van der Waals surface area contributed by atoms with Crippen molar-refractivity contribution in [2.75, 3.05) is 10.6 Å². The highest BCUT2D eigenvalue weighted by Gasteiger charge is 2.51. The number of benzene rings is 1. The van der Waals surface area contributed by atoms with Crippen molar-refractivity contribution in [1.82, 2.24) is 0 Å². The number of hydrogen-bond acceptors (Lipinski definition) is 4. The fourth-order valence-electron chi connectivity index (χ4n) is 6.88. The van der Waals surface area contributed by atoms with Crippen LogP contribution in [-0.4, -0.2) is 23.2 Å². The number of esters is 1. The van der Waals surface area contributed by atoms with Gasteiger partial charge in [0.1, 0.15) is 11.4 Å². The number of carbonyl (C=O) groups excluding carboxylic acids is 1. The Balaban J connectivity index is 1.64. The summed E-state index contributed by atoms with van der Waals surface area (Å²) in [6.45, 7) is 9.80. The summed E-state index contributed by atoms with van der Waals surface area (Å²) in [5.74, 6) is 1.30. The van der Waals surface area contributed by atoms with Gasteiger partial charge in [0.05, 0.1) is 16.9 Å². The van der Waals surface area contributed by atoms with Gasteiger partial charge in [-0.2, -0.15) is 0 Å². The molecule has 0 spiro atoms. The Bertz CT molecular complexity index is 825. The van der Waals surface area contributed by atoms with Gasteiger partial charge >= 0.3 is 5.97 Å². The SMILES string of the molecule is CCCCC(CC)Nc1cc(C(=O)OC(C)(C)C)c(F)cc1NC12CC3CC(CC(C3)C1)C2. The average Bonchev–Trinajstić information content (AvgIpc) is 2.69. The molecule has 4 aliphatic carbocycles. The molecule has 0 aliphatic heterocycles. The Labute approximate surface area is 199 Å². The van der Waals surface area contributed by atoms with Gasteiger partial charge in [-0.15, -0.1) is 0 Å². The number of halogens is 1. The van der Waals surface area contributed by atoms with E-state index in [-0.39, 0.29) is 11.1 Å². The van der Waals surface area contributed by atoms with Gasteiger partial charge in [0.25, 0.3) is 0 Å². The van der Waals surface area contributed by atoms with Crippen molar-refractivity contribution in [2.24, 2.45) is 17.8 Å². The van der Waals surface area contributed by atoms with Gasteiger partial charge < -0.3 is 15.4 Å². The first-order chi connectivity index (χ1) is 15.6. The summed E-state index contributed by atoms with van der Waals surface area (Å²) in [6.07, 6.45) is 12.0. The third kappa shape index (κ3) is 5.66. The number of carbonyl (C=O) groups is 1. The van der Waals surface area contributed by atoms with Crippen molar-refractivity contribution in [3.8, 4) is 0 Å². The predicted octanol–water partition coefficient (Wildman–Crippen LogP) is 7.54. The van der Waals surface area contributed by atoms with Crippen molar-refractivity contribution in [3.05, 3.63) is 23.5 Å². The molecule has 4 bridgehead atoms. The van der Waals surface area contributed by atoms with Crippen LogP contribution in [0.4, 0.5) is 15.8 Å². The molecule has 4 nitrogen and oxygen atoms in total. The third-order valence-electron chi connectivity index (χ3n) is 7.92. The van der Waals surface area contributed by atoms with Crippen LogP contribution in [0.5, 0.6) is 0 Å². The zero-order valence-corrected chi connectivity index (χ0v) is 21.2. The van der Waals surface area contributed by atoms with Crippen molar-refractivity contribution in [2.45, 2.75) is 116 Å². The molecule has 1 unspecified atom stereocenters. The smallest absolute Gasteiger partial charge is 0.341 e. The van der Waals surface area contributed by atoms with E-state index >= 15 is 4.39 Å². The van der Waals surface area contributed by atoms with Gasteiger partial charge in [-0.05, 0) is 102 Å². The summed E-state index contributed by atoms with van der Waals surface area (Å²) in [6, 6.07) is 3.51. The van der Waals surface area contributed by atoms with Gasteiger partial charge in [0.15, 0.2) is 0 Å². The molecule has 0 saturated heterocycles. The Kier molecular flexibility index (Phi) is 6.98. The summed E-state index contributed by atoms with van der Waals surface area (Å²) in [4.78, 5) is 12.8. The third-order valence-corrected chi connectivity index (χ3v) is 7.92. The van der Waals surface area contributed by atoms with Crippen LogP contribution < -0.4 is 10.6 Å². The molecule has 5 heteroatoms. The van der Waals surface area contributed by atoms with E-state index in [0.717, 1.165) is 54.8 Å². The molecular formula is C28H43FN2O2. The van der Waals surface area contributed by atoms with Crippen LogP contribution in [0.1, 0.15) is 109 Å². The number of nitrogens with one attached hydrogen (secondary N) is 2. The minimum Gasteiger partial charge on any atom is -0.456 e. The standard InChI is InChI=1S/C28H43FN2O2/c1-6-8-9-21(7-2)30-24-13-22(26(32)33-27(3,4)5)23(29)14-25(24)31-28-15-18-10-19(16-28)12-20(11-18)17-28/h13-14,18-21,30-31H,6-12,15-17H2,1-5H3. The van der Waals surface area contributed by atoms with E-state index in [4.69, 9.17) is 4.74 Å². The maximum absolute atomic E-state index is 15.3. The van der Waals surface area contributed by atoms with E-state index < -0.39 is 17.4 Å². The maximum atomic E-state index is 15.3. The molecule has 4 saturated carbocycles. The molecule has 0 heterocycles. The number of anilines is 2. The fraction of sp³-hybridized carbons (Fsp3) is 0.750. The first-order valence-corrected chi connectivity index (χ1v) is 13.2. The number of hydrogen-bond donors (Lipinski definition) is 2.